The van der Waals surface area contributed by atoms with Gasteiger partial charge in [-0.15, -0.1) is 0 Å². The Morgan fingerprint density at radius 3 is 2.79 bits per heavy atom. The van der Waals surface area contributed by atoms with Gasteiger partial charge in [-0.1, -0.05) is 13.0 Å². The van der Waals surface area contributed by atoms with Gasteiger partial charge in [0.05, 0.1) is 5.52 Å². The van der Waals surface area contributed by atoms with E-state index in [0.29, 0.717) is 12.2 Å². The lowest BCUT2D eigenvalue weighted by molar-refractivity contribution is 0.0940. The molecule has 0 saturated carbocycles. The van der Waals surface area contributed by atoms with Gasteiger partial charge in [0.2, 0.25) is 0 Å². The topological polar surface area (TPSA) is 71.0 Å². The first kappa shape index (κ1) is 18.5. The summed E-state index contributed by atoms with van der Waals surface area (Å²) < 4.78 is 0. The number of aromatic nitrogens is 3. The Kier molecular flexibility index (Phi) is 5.58. The van der Waals surface area contributed by atoms with Crippen molar-refractivity contribution < 1.29 is 4.79 Å². The van der Waals surface area contributed by atoms with E-state index in [2.05, 4.69) is 32.1 Å². The molecule has 6 heteroatoms. The van der Waals surface area contributed by atoms with Gasteiger partial charge in [0.15, 0.2) is 0 Å². The van der Waals surface area contributed by atoms with Crippen LogP contribution in [0.5, 0.6) is 0 Å². The molecule has 1 fully saturated rings. The number of piperidine rings is 1. The van der Waals surface area contributed by atoms with Crippen LogP contribution in [0.25, 0.3) is 22.0 Å². The lowest BCUT2D eigenvalue weighted by atomic mass is 9.99. The molecule has 3 aromatic rings. The van der Waals surface area contributed by atoms with Gasteiger partial charge in [0.25, 0.3) is 5.91 Å². The van der Waals surface area contributed by atoms with Crippen LogP contribution in [0.3, 0.4) is 0 Å². The molecule has 0 aliphatic carbocycles. The molecule has 0 radical (unpaired) electrons. The van der Waals surface area contributed by atoms with Crippen LogP contribution in [-0.2, 0) is 0 Å². The van der Waals surface area contributed by atoms with E-state index in [0.717, 1.165) is 47.6 Å². The molecular formula is C22H25N5O. The molecule has 0 aromatic carbocycles. The zero-order valence-corrected chi connectivity index (χ0v) is 16.1. The Hall–Kier alpha value is -2.86. The summed E-state index contributed by atoms with van der Waals surface area (Å²) >= 11 is 0. The van der Waals surface area contributed by atoms with E-state index in [1.807, 2.05) is 24.3 Å². The fourth-order valence-electron chi connectivity index (χ4n) is 3.65. The number of nitrogens with one attached hydrogen (secondary N) is 1. The lowest BCUT2D eigenvalue weighted by Gasteiger charge is -2.30. The molecule has 3 aromatic heterocycles. The quantitative estimate of drug-likeness (QED) is 0.742. The number of pyridine rings is 3. The van der Waals surface area contributed by atoms with Gasteiger partial charge in [-0.05, 0) is 55.6 Å². The molecule has 1 aliphatic rings. The van der Waals surface area contributed by atoms with E-state index >= 15 is 0 Å². The molecular weight excluding hydrogens is 350 g/mol. The molecule has 1 N–H and O–H groups in total. The van der Waals surface area contributed by atoms with Crippen LogP contribution in [-0.4, -0.2) is 51.9 Å². The van der Waals surface area contributed by atoms with Crippen LogP contribution in [0.15, 0.2) is 49.1 Å². The number of rotatable bonds is 5. The third kappa shape index (κ3) is 4.17. The van der Waals surface area contributed by atoms with E-state index < -0.39 is 0 Å². The summed E-state index contributed by atoms with van der Waals surface area (Å²) in [5.41, 5.74) is 3.04. The average Bonchev–Trinajstić information content (AvgIpc) is 2.75. The van der Waals surface area contributed by atoms with Crippen LogP contribution >= 0.6 is 0 Å². The predicted molar refractivity (Wildman–Crippen MR) is 110 cm³/mol. The van der Waals surface area contributed by atoms with Crippen LogP contribution in [0.4, 0.5) is 0 Å². The second-order valence-electron chi connectivity index (χ2n) is 7.47. The van der Waals surface area contributed by atoms with Crippen LogP contribution in [0, 0.1) is 5.92 Å². The van der Waals surface area contributed by atoms with E-state index in [4.69, 9.17) is 0 Å². The normalized spacial score (nSPS) is 15.6. The molecule has 0 atom stereocenters. The zero-order chi connectivity index (χ0) is 19.3. The van der Waals surface area contributed by atoms with Crippen LogP contribution in [0.1, 0.15) is 30.3 Å². The smallest absolute Gasteiger partial charge is 0.269 e. The first-order valence-electron chi connectivity index (χ1n) is 9.86. The van der Waals surface area contributed by atoms with Gasteiger partial charge in [0.1, 0.15) is 5.69 Å². The molecule has 4 rings (SSSR count). The van der Waals surface area contributed by atoms with Crippen LogP contribution < -0.4 is 5.32 Å². The molecule has 28 heavy (non-hydrogen) atoms. The van der Waals surface area contributed by atoms with Crippen molar-refractivity contribution in [3.63, 3.8) is 0 Å². The second-order valence-corrected chi connectivity index (χ2v) is 7.47. The van der Waals surface area contributed by atoms with E-state index in [1.165, 1.54) is 12.8 Å². The van der Waals surface area contributed by atoms with Gasteiger partial charge in [-0.3, -0.25) is 14.8 Å². The van der Waals surface area contributed by atoms with Crippen molar-refractivity contribution in [1.29, 1.82) is 0 Å². The first-order valence-corrected chi connectivity index (χ1v) is 9.86. The maximum absolute atomic E-state index is 12.7. The van der Waals surface area contributed by atoms with Gasteiger partial charge >= 0.3 is 0 Å². The number of nitrogens with zero attached hydrogens (tertiary/aromatic N) is 4. The average molecular weight is 375 g/mol. The highest BCUT2D eigenvalue weighted by Gasteiger charge is 2.17. The Labute approximate surface area is 165 Å². The molecule has 1 saturated heterocycles. The number of carbonyl (C=O) groups excluding carboxylic acids is 1. The van der Waals surface area contributed by atoms with Crippen molar-refractivity contribution >= 4 is 16.8 Å². The summed E-state index contributed by atoms with van der Waals surface area (Å²) in [6.07, 6.45) is 9.48. The highest BCUT2D eigenvalue weighted by molar-refractivity contribution is 6.00. The number of fused-ring (bicyclic) bond motifs is 1. The summed E-state index contributed by atoms with van der Waals surface area (Å²) in [7, 11) is 0. The number of amides is 1. The van der Waals surface area contributed by atoms with Gasteiger partial charge in [-0.2, -0.15) is 0 Å². The molecule has 0 spiro atoms. The zero-order valence-electron chi connectivity index (χ0n) is 16.1. The number of likely N-dealkylation sites (tertiary alicyclic amines) is 1. The summed E-state index contributed by atoms with van der Waals surface area (Å²) in [5, 5.41) is 3.94. The molecule has 1 amide bonds. The van der Waals surface area contributed by atoms with Crippen LogP contribution in [0.2, 0.25) is 0 Å². The minimum atomic E-state index is -0.144. The van der Waals surface area contributed by atoms with Gasteiger partial charge in [0, 0.05) is 48.8 Å². The minimum Gasteiger partial charge on any atom is -0.349 e. The van der Waals surface area contributed by atoms with Crippen molar-refractivity contribution in [2.45, 2.75) is 19.8 Å². The lowest BCUT2D eigenvalue weighted by Crippen LogP contribution is -2.39. The third-order valence-electron chi connectivity index (χ3n) is 5.41. The summed E-state index contributed by atoms with van der Waals surface area (Å²) in [6.45, 7) is 6.05. The number of hydrogen-bond donors (Lipinski definition) is 1. The maximum Gasteiger partial charge on any atom is 0.269 e. The fraction of sp³-hybridized carbons (Fsp3) is 0.364. The molecule has 6 nitrogen and oxygen atoms in total. The fourth-order valence-corrected chi connectivity index (χ4v) is 3.65. The van der Waals surface area contributed by atoms with E-state index in [9.17, 15) is 4.79 Å². The largest absolute Gasteiger partial charge is 0.349 e. The van der Waals surface area contributed by atoms with Crippen molar-refractivity contribution in [2.75, 3.05) is 26.2 Å². The monoisotopic (exact) mass is 375 g/mol. The molecule has 0 unspecified atom stereocenters. The molecule has 4 heterocycles. The van der Waals surface area contributed by atoms with E-state index in [1.54, 1.807) is 24.8 Å². The summed E-state index contributed by atoms with van der Waals surface area (Å²) in [5.74, 6) is 0.669. The standard InChI is InChI=1S/C22H25N5O/c1-16-5-10-27(11-6-16)12-9-25-22(28)21-13-18(17-3-2-7-23-14-17)19-15-24-8-4-20(19)26-21/h2-4,7-8,13-16H,5-6,9-12H2,1H3,(H,25,28). The van der Waals surface area contributed by atoms with Crippen molar-refractivity contribution in [2.24, 2.45) is 5.92 Å². The minimum absolute atomic E-state index is 0.144. The molecule has 144 valence electrons. The van der Waals surface area contributed by atoms with E-state index in [-0.39, 0.29) is 5.91 Å². The highest BCUT2D eigenvalue weighted by Crippen LogP contribution is 2.27. The Balaban J connectivity index is 1.51. The third-order valence-corrected chi connectivity index (χ3v) is 5.41. The number of carbonyl (C=O) groups is 1. The summed E-state index contributed by atoms with van der Waals surface area (Å²) in [6, 6.07) is 7.53. The second kappa shape index (κ2) is 8.44. The van der Waals surface area contributed by atoms with Gasteiger partial charge < -0.3 is 10.2 Å². The van der Waals surface area contributed by atoms with Crippen molar-refractivity contribution in [3.8, 4) is 11.1 Å². The first-order chi connectivity index (χ1) is 13.7. The molecule has 1 aliphatic heterocycles. The Bertz CT molecular complexity index is 952. The molecule has 0 bridgehead atoms. The maximum atomic E-state index is 12.7. The van der Waals surface area contributed by atoms with Gasteiger partial charge in [-0.25, -0.2) is 4.98 Å². The summed E-state index contributed by atoms with van der Waals surface area (Å²) in [4.78, 5) is 28.1. The van der Waals surface area contributed by atoms with Crippen molar-refractivity contribution in [1.82, 2.24) is 25.2 Å². The number of hydrogen-bond acceptors (Lipinski definition) is 5. The highest BCUT2D eigenvalue weighted by atomic mass is 16.1. The Morgan fingerprint density at radius 2 is 2.00 bits per heavy atom. The Morgan fingerprint density at radius 1 is 1.18 bits per heavy atom. The SMILES string of the molecule is CC1CCN(CCNC(=O)c2cc(-c3cccnc3)c3cnccc3n2)CC1. The predicted octanol–water partition coefficient (Wildman–Crippen LogP) is 3.15. The van der Waals surface area contributed by atoms with Crippen molar-refractivity contribution in [3.05, 3.63) is 54.7 Å².